The van der Waals surface area contributed by atoms with Crippen molar-refractivity contribution in [2.45, 2.75) is 26.7 Å². The number of carbonyl (C=O) groups is 2. The number of hydrogen-bond acceptors (Lipinski definition) is 4. The van der Waals surface area contributed by atoms with Gasteiger partial charge in [-0.3, -0.25) is 14.0 Å². The Kier molecular flexibility index (Phi) is 12.9. The molecular weight excluding hydrogens is 480 g/mol. The van der Waals surface area contributed by atoms with Gasteiger partial charge in [-0.25, -0.2) is 8.78 Å². The van der Waals surface area contributed by atoms with Crippen LogP contribution in [0.15, 0.2) is 36.4 Å². The zero-order chi connectivity index (χ0) is 25.0. The maximum Gasteiger partial charge on any atom is 0.263 e. The van der Waals surface area contributed by atoms with Gasteiger partial charge in [0.15, 0.2) is 5.78 Å². The lowest BCUT2D eigenvalue weighted by Gasteiger charge is -2.18. The van der Waals surface area contributed by atoms with Gasteiger partial charge in [0.1, 0.15) is 12.4 Å². The summed E-state index contributed by atoms with van der Waals surface area (Å²) >= 11 is 12.1. The van der Waals surface area contributed by atoms with E-state index in [4.69, 9.17) is 27.9 Å². The minimum absolute atomic E-state index is 0.0104. The number of Topliss-reactive ketones (excluding diaryl/α,β-unsaturated/α-hetero) is 1. The number of ketones is 1. The Bertz CT molecular complexity index is 926. The lowest BCUT2D eigenvalue weighted by atomic mass is 10.1. The largest absolute Gasteiger partial charge is 0.491 e. The van der Waals surface area contributed by atoms with E-state index in [0.717, 1.165) is 31.8 Å². The van der Waals surface area contributed by atoms with E-state index in [1.165, 1.54) is 12.1 Å². The highest BCUT2D eigenvalue weighted by atomic mass is 35.5. The molecule has 0 aliphatic rings. The highest BCUT2D eigenvalue weighted by molar-refractivity contribution is 6.34. The van der Waals surface area contributed by atoms with Gasteiger partial charge in [0.05, 0.1) is 23.6 Å². The van der Waals surface area contributed by atoms with E-state index in [2.05, 4.69) is 24.1 Å². The van der Waals surface area contributed by atoms with Gasteiger partial charge in [0.2, 0.25) is 5.91 Å². The number of hydrogen-bond donors (Lipinski definition) is 1. The van der Waals surface area contributed by atoms with Gasteiger partial charge in [0.25, 0.3) is 6.43 Å². The smallest absolute Gasteiger partial charge is 0.263 e. The number of amides is 1. The highest BCUT2D eigenvalue weighted by Gasteiger charge is 2.17. The third kappa shape index (κ3) is 9.23. The van der Waals surface area contributed by atoms with Crippen LogP contribution in [0.3, 0.4) is 0 Å². The van der Waals surface area contributed by atoms with Gasteiger partial charge in [0, 0.05) is 23.4 Å². The number of anilines is 1. The Balaban J connectivity index is 0.00000265. The summed E-state index contributed by atoms with van der Waals surface area (Å²) in [6.07, 6.45) is -3.19. The van der Waals surface area contributed by atoms with E-state index in [0.29, 0.717) is 30.2 Å². The fourth-order valence-electron chi connectivity index (χ4n) is 2.86. The lowest BCUT2D eigenvalue weighted by molar-refractivity contribution is -0.115. The molecule has 0 radical (unpaired) electrons. The Morgan fingerprint density at radius 3 is 2.24 bits per heavy atom. The molecular formula is C23H27Cl2F3N2O3. The van der Waals surface area contributed by atoms with Crippen LogP contribution in [-0.4, -0.2) is 50.0 Å². The van der Waals surface area contributed by atoms with Crippen molar-refractivity contribution in [1.29, 1.82) is 0 Å². The fraction of sp³-hybridized carbons (Fsp3) is 0.391. The highest BCUT2D eigenvalue weighted by Crippen LogP contribution is 2.28. The number of carbonyl (C=O) groups excluding carboxylic acids is 2. The summed E-state index contributed by atoms with van der Waals surface area (Å²) in [5.74, 6) is -0.662. The van der Waals surface area contributed by atoms with Crippen molar-refractivity contribution in [2.24, 2.45) is 0 Å². The number of rotatable bonds is 11. The zero-order valence-electron chi connectivity index (χ0n) is 18.6. The van der Waals surface area contributed by atoms with Gasteiger partial charge in [-0.15, -0.1) is 0 Å². The van der Waals surface area contributed by atoms with Crippen molar-refractivity contribution in [2.75, 3.05) is 38.7 Å². The predicted molar refractivity (Wildman–Crippen MR) is 126 cm³/mol. The second kappa shape index (κ2) is 14.8. The normalized spacial score (nSPS) is 10.6. The van der Waals surface area contributed by atoms with Crippen molar-refractivity contribution in [1.82, 2.24) is 4.90 Å². The molecule has 1 amide bonds. The number of benzene rings is 2. The van der Waals surface area contributed by atoms with Crippen LogP contribution >= 0.6 is 23.2 Å². The molecule has 0 heterocycles. The molecule has 0 saturated carbocycles. The van der Waals surface area contributed by atoms with E-state index in [1.54, 1.807) is 12.1 Å². The number of likely N-dealkylation sites (N-methyl/N-ethyl adjacent to an activating group) is 1. The summed E-state index contributed by atoms with van der Waals surface area (Å²) in [4.78, 5) is 26.7. The SMILES string of the molecule is CCN(CC)CCOc1ccc(NC(=O)CC(=O)c2ccc(C(F)F)cc2Cl)cc1Cl.CF. The van der Waals surface area contributed by atoms with Crippen LogP contribution < -0.4 is 10.1 Å². The van der Waals surface area contributed by atoms with E-state index >= 15 is 0 Å². The van der Waals surface area contributed by atoms with Crippen LogP contribution in [0.5, 0.6) is 5.75 Å². The molecule has 2 aromatic rings. The van der Waals surface area contributed by atoms with Gasteiger partial charge in [-0.1, -0.05) is 43.1 Å². The van der Waals surface area contributed by atoms with Crippen LogP contribution in [0.1, 0.15) is 42.6 Å². The summed E-state index contributed by atoms with van der Waals surface area (Å²) < 4.78 is 40.6. The topological polar surface area (TPSA) is 58.6 Å². The number of nitrogens with one attached hydrogen (secondary N) is 1. The standard InChI is InChI=1S/C22H24Cl2F2N2O3.CH3F/c1-3-28(4-2)9-10-31-20-8-6-15(12-18(20)24)27-21(30)13-19(29)16-7-5-14(22(25)26)11-17(16)23;1-2/h5-8,11-12,22H,3-4,9-10,13H2,1-2H3,(H,27,30);1H3. The van der Waals surface area contributed by atoms with Crippen LogP contribution in [0.25, 0.3) is 0 Å². The minimum Gasteiger partial charge on any atom is -0.491 e. The van der Waals surface area contributed by atoms with Crippen molar-refractivity contribution >= 4 is 40.6 Å². The zero-order valence-corrected chi connectivity index (χ0v) is 20.2. The molecule has 5 nitrogen and oxygen atoms in total. The monoisotopic (exact) mass is 506 g/mol. The van der Waals surface area contributed by atoms with E-state index in [1.807, 2.05) is 0 Å². The molecule has 0 unspecified atom stereocenters. The Morgan fingerprint density at radius 2 is 1.70 bits per heavy atom. The van der Waals surface area contributed by atoms with Crippen molar-refractivity contribution in [3.63, 3.8) is 0 Å². The molecule has 0 aromatic heterocycles. The first-order chi connectivity index (χ1) is 15.7. The van der Waals surface area contributed by atoms with E-state index in [-0.39, 0.29) is 16.1 Å². The molecule has 0 atom stereocenters. The summed E-state index contributed by atoms with van der Waals surface area (Å²) in [6.45, 7) is 7.26. The Hall–Kier alpha value is -2.29. The average molecular weight is 507 g/mol. The van der Waals surface area contributed by atoms with E-state index < -0.39 is 24.5 Å². The van der Waals surface area contributed by atoms with Crippen LogP contribution in [0.4, 0.5) is 18.9 Å². The summed E-state index contributed by atoms with van der Waals surface area (Å²) in [5, 5.41) is 2.79. The van der Waals surface area contributed by atoms with Crippen molar-refractivity contribution in [3.05, 3.63) is 57.6 Å². The summed E-state index contributed by atoms with van der Waals surface area (Å²) in [7, 11) is 0.500. The third-order valence-electron chi connectivity index (χ3n) is 4.64. The molecule has 0 fully saturated rings. The van der Waals surface area contributed by atoms with Crippen molar-refractivity contribution in [3.8, 4) is 5.75 Å². The first kappa shape index (κ1) is 28.7. The predicted octanol–water partition coefficient (Wildman–Crippen LogP) is 6.45. The molecule has 33 heavy (non-hydrogen) atoms. The van der Waals surface area contributed by atoms with E-state index in [9.17, 15) is 22.8 Å². The minimum atomic E-state index is -2.70. The Labute approximate surface area is 201 Å². The maximum absolute atomic E-state index is 12.7. The van der Waals surface area contributed by atoms with Crippen molar-refractivity contribution < 1.29 is 27.5 Å². The van der Waals surface area contributed by atoms with Crippen LogP contribution in [0.2, 0.25) is 10.0 Å². The van der Waals surface area contributed by atoms with Gasteiger partial charge in [-0.2, -0.15) is 0 Å². The van der Waals surface area contributed by atoms with Crippen LogP contribution in [0, 0.1) is 0 Å². The molecule has 0 aliphatic carbocycles. The first-order valence-corrected chi connectivity index (χ1v) is 10.9. The number of ether oxygens (including phenoxy) is 1. The summed E-state index contributed by atoms with van der Waals surface area (Å²) in [6, 6.07) is 8.12. The molecule has 2 rings (SSSR count). The second-order valence-corrected chi connectivity index (χ2v) is 7.52. The number of alkyl halides is 3. The molecule has 0 saturated heterocycles. The molecule has 0 bridgehead atoms. The number of halogens is 5. The summed E-state index contributed by atoms with van der Waals surface area (Å²) in [5.41, 5.74) is 0.120. The molecule has 10 heteroatoms. The van der Waals surface area contributed by atoms with Gasteiger partial charge >= 0.3 is 0 Å². The third-order valence-corrected chi connectivity index (χ3v) is 5.25. The molecule has 0 spiro atoms. The van der Waals surface area contributed by atoms with Gasteiger partial charge in [-0.05, 0) is 43.4 Å². The average Bonchev–Trinajstić information content (AvgIpc) is 2.79. The van der Waals surface area contributed by atoms with Gasteiger partial charge < -0.3 is 15.0 Å². The molecule has 1 N–H and O–H groups in total. The fourth-order valence-corrected chi connectivity index (χ4v) is 3.39. The molecule has 182 valence electrons. The van der Waals surface area contributed by atoms with Crippen LogP contribution in [-0.2, 0) is 4.79 Å². The molecule has 2 aromatic carbocycles. The lowest BCUT2D eigenvalue weighted by Crippen LogP contribution is -2.27. The maximum atomic E-state index is 12.7. The molecule has 0 aliphatic heterocycles. The Morgan fingerprint density at radius 1 is 1.03 bits per heavy atom. The second-order valence-electron chi connectivity index (χ2n) is 6.71. The quantitative estimate of drug-likeness (QED) is 0.281. The number of nitrogens with zero attached hydrogens (tertiary/aromatic N) is 1. The first-order valence-electron chi connectivity index (χ1n) is 10.2.